The number of ether oxygens (including phenoxy) is 1. The number of nitrogens with zero attached hydrogens (tertiary/aromatic N) is 4. The Morgan fingerprint density at radius 2 is 2.03 bits per heavy atom. The van der Waals surface area contributed by atoms with E-state index in [1.807, 2.05) is 11.0 Å². The van der Waals surface area contributed by atoms with E-state index in [1.165, 1.54) is 28.8 Å². The first-order valence-electron chi connectivity index (χ1n) is 10.3. The summed E-state index contributed by atoms with van der Waals surface area (Å²) in [6, 6.07) is 1.83. The molecule has 2 aromatic heterocycles. The summed E-state index contributed by atoms with van der Waals surface area (Å²) in [5.74, 6) is 1.32. The first-order chi connectivity index (χ1) is 14.0. The van der Waals surface area contributed by atoms with Gasteiger partial charge in [-0.2, -0.15) is 0 Å². The Morgan fingerprint density at radius 1 is 1.24 bits per heavy atom. The maximum Gasteiger partial charge on any atom is 0.223 e. The first kappa shape index (κ1) is 18.7. The highest BCUT2D eigenvalue weighted by atomic mass is 35.5. The molecule has 0 bridgehead atoms. The Labute approximate surface area is 175 Å². The normalized spacial score (nSPS) is 17.9. The second-order valence-electron chi connectivity index (χ2n) is 8.34. The molecule has 3 aliphatic rings. The van der Waals surface area contributed by atoms with Crippen LogP contribution in [0.5, 0.6) is 5.75 Å². The van der Waals surface area contributed by atoms with Gasteiger partial charge in [0, 0.05) is 56.0 Å². The molecule has 0 aromatic carbocycles. The van der Waals surface area contributed by atoms with Crippen molar-refractivity contribution in [2.24, 2.45) is 5.92 Å². The van der Waals surface area contributed by atoms with Crippen molar-refractivity contribution in [2.45, 2.75) is 45.7 Å². The van der Waals surface area contributed by atoms with Crippen LogP contribution in [0.2, 0.25) is 5.15 Å². The van der Waals surface area contributed by atoms with Crippen LogP contribution in [0.4, 0.5) is 5.69 Å². The summed E-state index contributed by atoms with van der Waals surface area (Å²) in [6.45, 7) is 5.22. The second-order valence-corrected chi connectivity index (χ2v) is 8.72. The number of anilines is 1. The quantitative estimate of drug-likeness (QED) is 0.721. The molecule has 0 spiro atoms. The maximum atomic E-state index is 13.0. The minimum absolute atomic E-state index is 0.247. The van der Waals surface area contributed by atoms with Crippen molar-refractivity contribution in [1.29, 1.82) is 0 Å². The van der Waals surface area contributed by atoms with Crippen molar-refractivity contribution < 1.29 is 9.53 Å². The fraction of sp³-hybridized carbons (Fsp3) is 0.500. The fourth-order valence-corrected chi connectivity index (χ4v) is 5.10. The molecule has 7 heteroatoms. The van der Waals surface area contributed by atoms with Gasteiger partial charge in [0.25, 0.3) is 0 Å². The van der Waals surface area contributed by atoms with E-state index in [2.05, 4.69) is 16.8 Å². The van der Waals surface area contributed by atoms with Crippen LogP contribution < -0.4 is 9.64 Å². The third kappa shape index (κ3) is 3.23. The molecule has 2 aromatic rings. The van der Waals surface area contributed by atoms with Crippen molar-refractivity contribution in [3.63, 3.8) is 0 Å². The fourth-order valence-electron chi connectivity index (χ4n) is 4.95. The van der Waals surface area contributed by atoms with E-state index in [0.717, 1.165) is 43.9 Å². The van der Waals surface area contributed by atoms with Gasteiger partial charge in [-0.15, -0.1) is 0 Å². The van der Waals surface area contributed by atoms with Gasteiger partial charge in [-0.05, 0) is 42.9 Å². The SMILES string of the molecule is COc1cnc(Cl)cc1N1CC(CC(=O)N2Cc3c(C)nc4c(c3C2)CCC4)C1. The standard InChI is InChI=1S/C22H25ClN4O2/c1-13-16-11-27(12-17(16)15-4-3-5-18(15)25-13)22(28)6-14-9-26(10-14)19-7-21(23)24-8-20(19)29-2/h7-8,14H,3-6,9-12H2,1-2H3. The van der Waals surface area contributed by atoms with Crippen molar-refractivity contribution in [3.05, 3.63) is 45.5 Å². The predicted octanol–water partition coefficient (Wildman–Crippen LogP) is 3.30. The molecular weight excluding hydrogens is 388 g/mol. The van der Waals surface area contributed by atoms with E-state index in [-0.39, 0.29) is 5.91 Å². The van der Waals surface area contributed by atoms with Gasteiger partial charge in [0.05, 0.1) is 19.0 Å². The van der Waals surface area contributed by atoms with E-state index in [1.54, 1.807) is 13.3 Å². The van der Waals surface area contributed by atoms with E-state index in [0.29, 0.717) is 29.8 Å². The Hall–Kier alpha value is -2.34. The molecule has 0 unspecified atom stereocenters. The van der Waals surface area contributed by atoms with Crippen molar-refractivity contribution in [3.8, 4) is 5.75 Å². The van der Waals surface area contributed by atoms with Gasteiger partial charge in [-0.25, -0.2) is 4.98 Å². The average molecular weight is 413 g/mol. The molecule has 4 heterocycles. The van der Waals surface area contributed by atoms with E-state index < -0.39 is 0 Å². The number of amides is 1. The van der Waals surface area contributed by atoms with Gasteiger partial charge in [-0.3, -0.25) is 9.78 Å². The number of rotatable bonds is 4. The lowest BCUT2D eigenvalue weighted by molar-refractivity contribution is -0.133. The summed E-state index contributed by atoms with van der Waals surface area (Å²) in [7, 11) is 1.63. The number of carbonyl (C=O) groups is 1. The van der Waals surface area contributed by atoms with Crippen molar-refractivity contribution in [2.75, 3.05) is 25.1 Å². The average Bonchev–Trinajstić information content (AvgIpc) is 3.31. The highest BCUT2D eigenvalue weighted by molar-refractivity contribution is 6.29. The highest BCUT2D eigenvalue weighted by Crippen LogP contribution is 2.37. The van der Waals surface area contributed by atoms with E-state index >= 15 is 0 Å². The lowest BCUT2D eigenvalue weighted by Crippen LogP contribution is -2.48. The molecule has 1 fully saturated rings. The number of pyridine rings is 2. The number of aryl methyl sites for hydroxylation is 2. The lowest BCUT2D eigenvalue weighted by atomic mass is 9.95. The minimum Gasteiger partial charge on any atom is -0.493 e. The van der Waals surface area contributed by atoms with E-state index in [4.69, 9.17) is 21.3 Å². The molecule has 0 atom stereocenters. The molecule has 6 nitrogen and oxygen atoms in total. The van der Waals surface area contributed by atoms with Crippen LogP contribution in [0.25, 0.3) is 0 Å². The zero-order valence-electron chi connectivity index (χ0n) is 16.9. The van der Waals surface area contributed by atoms with Gasteiger partial charge >= 0.3 is 0 Å². The van der Waals surface area contributed by atoms with E-state index in [9.17, 15) is 4.79 Å². The number of carbonyl (C=O) groups excluding carboxylic acids is 1. The number of hydrogen-bond acceptors (Lipinski definition) is 5. The zero-order valence-corrected chi connectivity index (χ0v) is 17.6. The molecule has 5 rings (SSSR count). The molecule has 1 aliphatic carbocycles. The highest BCUT2D eigenvalue weighted by Gasteiger charge is 2.35. The molecule has 29 heavy (non-hydrogen) atoms. The monoisotopic (exact) mass is 412 g/mol. The molecule has 152 valence electrons. The number of hydrogen-bond donors (Lipinski definition) is 0. The van der Waals surface area contributed by atoms with Crippen LogP contribution in [0, 0.1) is 12.8 Å². The second kappa shape index (κ2) is 7.17. The minimum atomic E-state index is 0.247. The molecule has 0 saturated carbocycles. The van der Waals surface area contributed by atoms with Crippen LogP contribution in [-0.2, 0) is 30.7 Å². The number of methoxy groups -OCH3 is 1. The lowest BCUT2D eigenvalue weighted by Gasteiger charge is -2.41. The summed E-state index contributed by atoms with van der Waals surface area (Å²) in [4.78, 5) is 26.1. The van der Waals surface area contributed by atoms with Crippen LogP contribution in [0.15, 0.2) is 12.3 Å². The predicted molar refractivity (Wildman–Crippen MR) is 111 cm³/mol. The van der Waals surface area contributed by atoms with Gasteiger partial charge in [-0.1, -0.05) is 11.6 Å². The Bertz CT molecular complexity index is 987. The Kier molecular flexibility index (Phi) is 4.62. The topological polar surface area (TPSA) is 58.6 Å². The third-order valence-corrected chi connectivity index (χ3v) is 6.71. The largest absolute Gasteiger partial charge is 0.493 e. The summed E-state index contributed by atoms with van der Waals surface area (Å²) >= 11 is 6.04. The molecule has 0 radical (unpaired) electrons. The van der Waals surface area contributed by atoms with Gasteiger partial charge in [0.15, 0.2) is 5.75 Å². The van der Waals surface area contributed by atoms with Gasteiger partial charge < -0.3 is 14.5 Å². The number of halogens is 1. The Balaban J connectivity index is 1.22. The van der Waals surface area contributed by atoms with Crippen LogP contribution >= 0.6 is 11.6 Å². The number of fused-ring (bicyclic) bond motifs is 3. The van der Waals surface area contributed by atoms with Crippen molar-refractivity contribution >= 4 is 23.2 Å². The smallest absolute Gasteiger partial charge is 0.223 e. The van der Waals surface area contributed by atoms with Crippen LogP contribution in [0.1, 0.15) is 40.9 Å². The molecular formula is C22H25ClN4O2. The first-order valence-corrected chi connectivity index (χ1v) is 10.6. The zero-order chi connectivity index (χ0) is 20.1. The molecule has 0 N–H and O–H groups in total. The molecule has 1 saturated heterocycles. The van der Waals surface area contributed by atoms with Crippen LogP contribution in [-0.4, -0.2) is 41.0 Å². The maximum absolute atomic E-state index is 13.0. The Morgan fingerprint density at radius 3 is 2.83 bits per heavy atom. The van der Waals surface area contributed by atoms with Crippen molar-refractivity contribution in [1.82, 2.24) is 14.9 Å². The summed E-state index contributed by atoms with van der Waals surface area (Å²) in [6.07, 6.45) is 5.61. The summed E-state index contributed by atoms with van der Waals surface area (Å²) in [5.41, 5.74) is 7.39. The summed E-state index contributed by atoms with van der Waals surface area (Å²) in [5, 5.41) is 0.451. The number of aromatic nitrogens is 2. The molecule has 1 amide bonds. The van der Waals surface area contributed by atoms with Crippen LogP contribution in [0.3, 0.4) is 0 Å². The third-order valence-electron chi connectivity index (χ3n) is 6.50. The molecule has 2 aliphatic heterocycles. The summed E-state index contributed by atoms with van der Waals surface area (Å²) < 4.78 is 5.39. The van der Waals surface area contributed by atoms with Gasteiger partial charge in [0.1, 0.15) is 5.15 Å². The van der Waals surface area contributed by atoms with Gasteiger partial charge in [0.2, 0.25) is 5.91 Å².